The first kappa shape index (κ1) is 25.7. The highest BCUT2D eigenvalue weighted by Crippen LogP contribution is 2.39. The molecule has 3 aliphatic heterocycles. The Morgan fingerprint density at radius 2 is 2.05 bits per heavy atom. The van der Waals surface area contributed by atoms with Gasteiger partial charge >= 0.3 is 12.2 Å². The van der Waals surface area contributed by atoms with Crippen LogP contribution in [-0.4, -0.2) is 55.1 Å². The van der Waals surface area contributed by atoms with Crippen molar-refractivity contribution in [3.63, 3.8) is 0 Å². The molecule has 3 unspecified atom stereocenters. The number of hydrogen-bond acceptors (Lipinski definition) is 7. The van der Waals surface area contributed by atoms with Gasteiger partial charge in [0.15, 0.2) is 0 Å². The number of anilines is 2. The molecule has 9 nitrogen and oxygen atoms in total. The molecule has 3 atom stereocenters. The van der Waals surface area contributed by atoms with E-state index in [1.165, 1.54) is 30.6 Å². The third-order valence-electron chi connectivity index (χ3n) is 6.47. The van der Waals surface area contributed by atoms with E-state index in [9.17, 15) is 18.0 Å². The molecular weight excluding hydrogens is 506 g/mol. The van der Waals surface area contributed by atoms with Crippen molar-refractivity contribution in [2.75, 3.05) is 30.3 Å². The number of aliphatic imine (C=N–C) groups is 1. The average molecular weight is 532 g/mol. The van der Waals surface area contributed by atoms with Crippen LogP contribution < -0.4 is 21.7 Å². The fraction of sp³-hybridized carbons (Fsp3) is 0.320. The molecule has 2 amide bonds. The number of hydrogen-bond donors (Lipinski definition) is 4. The molecule has 2 aromatic carbocycles. The van der Waals surface area contributed by atoms with E-state index in [-0.39, 0.29) is 23.4 Å². The second-order valence-corrected chi connectivity index (χ2v) is 9.06. The summed E-state index contributed by atoms with van der Waals surface area (Å²) < 4.78 is 59.7. The number of alkyl halides is 3. The average Bonchev–Trinajstić information content (AvgIpc) is 3.25. The summed E-state index contributed by atoms with van der Waals surface area (Å²) in [6, 6.07) is 7.15. The van der Waals surface area contributed by atoms with Crippen LogP contribution in [0, 0.1) is 5.82 Å². The number of nitrogens with zero attached hydrogens (tertiary/aromatic N) is 3. The number of carbonyl (C=O) groups excluding carboxylic acids is 1. The summed E-state index contributed by atoms with van der Waals surface area (Å²) in [6.45, 7) is 2.10. The van der Waals surface area contributed by atoms with Gasteiger partial charge in [0.05, 0.1) is 24.0 Å². The molecule has 5 N–H and O–H groups in total. The van der Waals surface area contributed by atoms with Crippen LogP contribution in [0.25, 0.3) is 0 Å². The molecule has 0 bridgehead atoms. The number of carbonyl (C=O) groups is 1. The number of ether oxygens (including phenoxy) is 1. The van der Waals surface area contributed by atoms with Crippen LogP contribution in [0.1, 0.15) is 23.5 Å². The second kappa shape index (κ2) is 10.4. The van der Waals surface area contributed by atoms with Crippen LogP contribution in [0.2, 0.25) is 0 Å². The largest absolute Gasteiger partial charge is 0.416 e. The number of hydrazone groups is 1. The Hall–Kier alpha value is -3.97. The minimum Gasteiger partial charge on any atom is -0.385 e. The number of nitrogens with two attached hydrogens (primary N) is 1. The lowest BCUT2D eigenvalue weighted by molar-refractivity contribution is -0.137. The fourth-order valence-corrected chi connectivity index (χ4v) is 4.71. The predicted molar refractivity (Wildman–Crippen MR) is 134 cm³/mol. The lowest BCUT2D eigenvalue weighted by Gasteiger charge is -2.31. The smallest absolute Gasteiger partial charge is 0.385 e. The van der Waals surface area contributed by atoms with Gasteiger partial charge < -0.3 is 26.4 Å². The minimum atomic E-state index is -4.56. The summed E-state index contributed by atoms with van der Waals surface area (Å²) in [5, 5.41) is 14.1. The Morgan fingerprint density at radius 1 is 1.21 bits per heavy atom. The van der Waals surface area contributed by atoms with E-state index in [0.29, 0.717) is 31.0 Å². The minimum absolute atomic E-state index is 0.0386. The van der Waals surface area contributed by atoms with Gasteiger partial charge in [-0.05, 0) is 35.9 Å². The Balaban J connectivity index is 1.31. The standard InChI is InChI=1S/C25H25F4N7O2/c26-20-8-14(4-5-21(20)35-24(37)34-16-3-1-2-15(9-16)25(27,28)29)19-11-17(10-18-12-31-6-7-38-18)36-22(19)23(30)32-13-33-36/h1-5,8-9,11,13,18-19,22,31H,6-7,10,12H2,(H2,30,32,33)(H2,34,35,37). The molecule has 0 aromatic heterocycles. The van der Waals surface area contributed by atoms with Gasteiger partial charge in [-0.1, -0.05) is 18.2 Å². The van der Waals surface area contributed by atoms with E-state index >= 15 is 4.39 Å². The number of halogens is 4. The number of amides is 2. The molecule has 5 rings (SSSR count). The van der Waals surface area contributed by atoms with Crippen LogP contribution in [0.3, 0.4) is 0 Å². The molecule has 0 saturated carbocycles. The highest BCUT2D eigenvalue weighted by molar-refractivity contribution is 6.00. The zero-order valence-electron chi connectivity index (χ0n) is 20.0. The first-order valence-corrected chi connectivity index (χ1v) is 11.9. The van der Waals surface area contributed by atoms with Crippen molar-refractivity contribution in [2.24, 2.45) is 15.8 Å². The normalized spacial score (nSPS) is 22.9. The number of amidine groups is 1. The summed E-state index contributed by atoms with van der Waals surface area (Å²) in [5.74, 6) is -0.739. The first-order chi connectivity index (χ1) is 18.2. The molecule has 3 aliphatic rings. The lowest BCUT2D eigenvalue weighted by atomic mass is 9.92. The fourth-order valence-electron chi connectivity index (χ4n) is 4.71. The molecule has 0 radical (unpaired) electrons. The summed E-state index contributed by atoms with van der Waals surface area (Å²) in [4.78, 5) is 16.5. The van der Waals surface area contributed by atoms with Crippen LogP contribution in [0.15, 0.2) is 64.3 Å². The molecule has 2 aromatic rings. The highest BCUT2D eigenvalue weighted by atomic mass is 19.4. The predicted octanol–water partition coefficient (Wildman–Crippen LogP) is 3.83. The van der Waals surface area contributed by atoms with E-state index in [1.54, 1.807) is 11.1 Å². The SMILES string of the molecule is NC1=NC=NN2C(CC3CNCCO3)=CC(c3ccc(NC(=O)Nc4cccc(C(F)(F)F)c4)c(F)c3)C12. The van der Waals surface area contributed by atoms with Crippen molar-refractivity contribution < 1.29 is 27.1 Å². The number of morpholine rings is 1. The van der Waals surface area contributed by atoms with Gasteiger partial charge in [-0.15, -0.1) is 0 Å². The van der Waals surface area contributed by atoms with E-state index < -0.39 is 29.6 Å². The van der Waals surface area contributed by atoms with Crippen LogP contribution in [0.4, 0.5) is 33.7 Å². The quantitative estimate of drug-likeness (QED) is 0.438. The van der Waals surface area contributed by atoms with Gasteiger partial charge in [0, 0.05) is 36.8 Å². The first-order valence-electron chi connectivity index (χ1n) is 11.9. The molecule has 1 fully saturated rings. The van der Waals surface area contributed by atoms with Gasteiger partial charge in [0.2, 0.25) is 0 Å². The lowest BCUT2D eigenvalue weighted by Crippen LogP contribution is -2.45. The van der Waals surface area contributed by atoms with Crippen molar-refractivity contribution in [3.05, 3.63) is 71.2 Å². The summed E-state index contributed by atoms with van der Waals surface area (Å²) in [5.41, 5.74) is 6.54. The molecule has 200 valence electrons. The topological polar surface area (TPSA) is 116 Å². The van der Waals surface area contributed by atoms with Crippen molar-refractivity contribution >= 4 is 29.6 Å². The number of fused-ring (bicyclic) bond motifs is 1. The van der Waals surface area contributed by atoms with Gasteiger partial charge in [0.25, 0.3) is 0 Å². The van der Waals surface area contributed by atoms with Crippen LogP contribution in [-0.2, 0) is 10.9 Å². The monoisotopic (exact) mass is 531 g/mol. The van der Waals surface area contributed by atoms with E-state index in [4.69, 9.17) is 10.5 Å². The Labute approximate surface area is 215 Å². The van der Waals surface area contributed by atoms with Crippen LogP contribution in [0.5, 0.6) is 0 Å². The third kappa shape index (κ3) is 5.48. The maximum absolute atomic E-state index is 15.1. The number of nitrogens with one attached hydrogen (secondary N) is 3. The van der Waals surface area contributed by atoms with Gasteiger partial charge in [0.1, 0.15) is 24.0 Å². The van der Waals surface area contributed by atoms with Gasteiger partial charge in [-0.3, -0.25) is 5.01 Å². The molecule has 0 aliphatic carbocycles. The van der Waals surface area contributed by atoms with Crippen molar-refractivity contribution in [1.82, 2.24) is 10.3 Å². The molecule has 1 saturated heterocycles. The number of rotatable bonds is 5. The summed E-state index contributed by atoms with van der Waals surface area (Å²) >= 11 is 0. The second-order valence-electron chi connectivity index (χ2n) is 9.06. The van der Waals surface area contributed by atoms with Gasteiger partial charge in [-0.2, -0.15) is 18.3 Å². The summed E-state index contributed by atoms with van der Waals surface area (Å²) in [6.07, 6.45) is -0.668. The van der Waals surface area contributed by atoms with Crippen LogP contribution >= 0.6 is 0 Å². The molecule has 38 heavy (non-hydrogen) atoms. The van der Waals surface area contributed by atoms with Crippen molar-refractivity contribution in [3.8, 4) is 0 Å². The van der Waals surface area contributed by atoms with E-state index in [2.05, 4.69) is 26.0 Å². The Morgan fingerprint density at radius 3 is 2.79 bits per heavy atom. The maximum Gasteiger partial charge on any atom is 0.416 e. The molecule has 13 heteroatoms. The Bertz CT molecular complexity index is 1300. The highest BCUT2D eigenvalue weighted by Gasteiger charge is 2.40. The number of urea groups is 1. The zero-order valence-corrected chi connectivity index (χ0v) is 20.0. The van der Waals surface area contributed by atoms with Crippen molar-refractivity contribution in [1.29, 1.82) is 0 Å². The van der Waals surface area contributed by atoms with E-state index in [0.717, 1.165) is 24.4 Å². The molecular formula is C25H25F4N7O2. The summed E-state index contributed by atoms with van der Waals surface area (Å²) in [7, 11) is 0. The third-order valence-corrected chi connectivity index (χ3v) is 6.47. The maximum atomic E-state index is 15.1. The van der Waals surface area contributed by atoms with Gasteiger partial charge in [-0.25, -0.2) is 14.2 Å². The molecule has 3 heterocycles. The Kier molecular flexibility index (Phi) is 7.04. The van der Waals surface area contributed by atoms with E-state index in [1.807, 2.05) is 6.08 Å². The number of benzene rings is 2. The zero-order chi connectivity index (χ0) is 26.9. The van der Waals surface area contributed by atoms with Crippen molar-refractivity contribution in [2.45, 2.75) is 30.7 Å². The molecule has 0 spiro atoms.